The van der Waals surface area contributed by atoms with E-state index in [1.165, 1.54) is 25.7 Å². The van der Waals surface area contributed by atoms with Crippen LogP contribution in [0.3, 0.4) is 0 Å². The highest BCUT2D eigenvalue weighted by molar-refractivity contribution is 5.15. The van der Waals surface area contributed by atoms with Gasteiger partial charge in [-0.05, 0) is 93.8 Å². The van der Waals surface area contributed by atoms with Crippen LogP contribution in [0.5, 0.6) is 0 Å². The summed E-state index contributed by atoms with van der Waals surface area (Å²) in [4.78, 5) is 0. The van der Waals surface area contributed by atoms with Gasteiger partial charge < -0.3 is 15.3 Å². The van der Waals surface area contributed by atoms with Crippen LogP contribution in [0.15, 0.2) is 0 Å². The zero-order valence-electron chi connectivity index (χ0n) is 15.7. The van der Waals surface area contributed by atoms with Gasteiger partial charge in [-0.25, -0.2) is 0 Å². The van der Waals surface area contributed by atoms with Crippen molar-refractivity contribution < 1.29 is 15.3 Å². The Morgan fingerprint density at radius 2 is 1.62 bits per heavy atom. The van der Waals surface area contributed by atoms with Crippen molar-refractivity contribution >= 4 is 0 Å². The lowest BCUT2D eigenvalue weighted by atomic mass is 9.44. The Labute approximate surface area is 146 Å². The summed E-state index contributed by atoms with van der Waals surface area (Å²) in [5.74, 6) is 2.69. The molecule has 0 radical (unpaired) electrons. The van der Waals surface area contributed by atoms with Gasteiger partial charge in [0.15, 0.2) is 0 Å². The fourth-order valence-electron chi connectivity index (χ4n) is 7.97. The van der Waals surface area contributed by atoms with Crippen LogP contribution < -0.4 is 0 Å². The van der Waals surface area contributed by atoms with Crippen molar-refractivity contribution in [2.75, 3.05) is 0 Å². The lowest BCUT2D eigenvalue weighted by molar-refractivity contribution is -0.186. The predicted molar refractivity (Wildman–Crippen MR) is 94.4 cm³/mol. The fourth-order valence-corrected chi connectivity index (χ4v) is 7.97. The highest BCUT2D eigenvalue weighted by Gasteiger charge is 2.65. The third-order valence-electron chi connectivity index (χ3n) is 9.54. The third kappa shape index (κ3) is 2.07. The monoisotopic (exact) mass is 336 g/mol. The van der Waals surface area contributed by atoms with E-state index in [1.54, 1.807) is 6.92 Å². The number of fused-ring (bicyclic) bond motifs is 5. The molecule has 4 rings (SSSR count). The van der Waals surface area contributed by atoms with Crippen molar-refractivity contribution in [1.82, 2.24) is 0 Å². The Morgan fingerprint density at radius 3 is 2.33 bits per heavy atom. The molecule has 3 N–H and O–H groups in total. The molecule has 0 aromatic carbocycles. The molecule has 0 aromatic rings. The van der Waals surface area contributed by atoms with Crippen molar-refractivity contribution in [3.8, 4) is 0 Å². The molecule has 3 heteroatoms. The molecule has 24 heavy (non-hydrogen) atoms. The van der Waals surface area contributed by atoms with Gasteiger partial charge in [0.25, 0.3) is 0 Å². The van der Waals surface area contributed by atoms with E-state index in [2.05, 4.69) is 13.8 Å². The smallest absolute Gasteiger partial charge is 0.0958 e. The van der Waals surface area contributed by atoms with Gasteiger partial charge >= 0.3 is 0 Å². The van der Waals surface area contributed by atoms with Crippen LogP contribution in [0, 0.1) is 34.5 Å². The Balaban J connectivity index is 1.63. The van der Waals surface area contributed by atoms with Crippen molar-refractivity contribution in [3.63, 3.8) is 0 Å². The Bertz CT molecular complexity index is 505. The second-order valence-electron chi connectivity index (χ2n) is 10.2. The molecule has 0 bridgehead atoms. The fraction of sp³-hybridized carbons (Fsp3) is 1.00. The lowest BCUT2D eigenvalue weighted by Crippen LogP contribution is -2.59. The molecule has 0 aliphatic heterocycles. The first-order chi connectivity index (χ1) is 11.2. The summed E-state index contributed by atoms with van der Waals surface area (Å²) < 4.78 is 0. The third-order valence-corrected chi connectivity index (χ3v) is 9.54. The summed E-state index contributed by atoms with van der Waals surface area (Å²) in [5.41, 5.74) is -0.641. The maximum atomic E-state index is 11.3. The maximum Gasteiger partial charge on any atom is 0.0958 e. The largest absolute Gasteiger partial charge is 0.393 e. The zero-order valence-corrected chi connectivity index (χ0v) is 15.7. The van der Waals surface area contributed by atoms with Crippen molar-refractivity contribution in [2.45, 2.75) is 96.4 Å². The molecule has 9 atom stereocenters. The Kier molecular flexibility index (Phi) is 3.92. The van der Waals surface area contributed by atoms with E-state index in [9.17, 15) is 15.3 Å². The molecule has 0 spiro atoms. The molecular formula is C21H36O3. The number of rotatable bonds is 1. The summed E-state index contributed by atoms with van der Waals surface area (Å²) in [7, 11) is 0. The van der Waals surface area contributed by atoms with Gasteiger partial charge in [0.1, 0.15) is 0 Å². The summed E-state index contributed by atoms with van der Waals surface area (Å²) in [5, 5.41) is 31.7. The topological polar surface area (TPSA) is 60.7 Å². The first-order valence-electron chi connectivity index (χ1n) is 10.3. The van der Waals surface area contributed by atoms with E-state index in [4.69, 9.17) is 0 Å². The van der Waals surface area contributed by atoms with E-state index >= 15 is 0 Å². The number of hydrogen-bond acceptors (Lipinski definition) is 3. The second-order valence-corrected chi connectivity index (χ2v) is 10.2. The number of hydrogen-bond donors (Lipinski definition) is 3. The predicted octanol–water partition coefficient (Wildman–Crippen LogP) is 3.50. The minimum atomic E-state index is -0.900. The van der Waals surface area contributed by atoms with Crippen LogP contribution in [-0.4, -0.2) is 33.1 Å². The summed E-state index contributed by atoms with van der Waals surface area (Å²) in [6.45, 7) is 6.53. The quantitative estimate of drug-likeness (QED) is 0.687. The van der Waals surface area contributed by atoms with Crippen LogP contribution in [0.2, 0.25) is 0 Å². The molecule has 4 aliphatic rings. The normalized spacial score (nSPS) is 58.5. The van der Waals surface area contributed by atoms with Crippen LogP contribution in [0.4, 0.5) is 0 Å². The second kappa shape index (κ2) is 5.44. The Hall–Kier alpha value is -0.120. The number of aliphatic hydroxyl groups is 3. The summed E-state index contributed by atoms with van der Waals surface area (Å²) in [6, 6.07) is 0. The molecule has 0 saturated heterocycles. The standard InChI is InChI=1S/C21H36O3/c1-13(22)21(24)11-8-18-16-5-4-14-12-15(23)6-9-19(14,2)17(16)7-10-20(18,21)3/h13-18,22-24H,4-12H2,1-3H3/t13-,14-,15-,16-,17+,18-,19-,20+,21+/m0/s1. The van der Waals surface area contributed by atoms with E-state index in [0.29, 0.717) is 23.2 Å². The van der Waals surface area contributed by atoms with E-state index in [-0.39, 0.29) is 11.5 Å². The van der Waals surface area contributed by atoms with Gasteiger partial charge in [0.05, 0.1) is 17.8 Å². The van der Waals surface area contributed by atoms with Gasteiger partial charge in [-0.3, -0.25) is 0 Å². The SMILES string of the molecule is C[C@H](O)[C@]1(O)CC[C@H]2[C@H]3CC[C@H]4C[C@@H](O)CC[C@]4(C)[C@@H]3CC[C@]21C. The van der Waals surface area contributed by atoms with Crippen LogP contribution >= 0.6 is 0 Å². The van der Waals surface area contributed by atoms with Gasteiger partial charge in [0, 0.05) is 5.41 Å². The molecule has 0 unspecified atom stereocenters. The lowest BCUT2D eigenvalue weighted by Gasteiger charge is -2.61. The van der Waals surface area contributed by atoms with E-state index in [0.717, 1.165) is 38.0 Å². The molecule has 0 heterocycles. The van der Waals surface area contributed by atoms with Crippen LogP contribution in [0.1, 0.15) is 78.6 Å². The van der Waals surface area contributed by atoms with Gasteiger partial charge in [-0.15, -0.1) is 0 Å². The highest BCUT2D eigenvalue weighted by Crippen LogP contribution is 2.68. The molecule has 138 valence electrons. The first-order valence-corrected chi connectivity index (χ1v) is 10.3. The maximum absolute atomic E-state index is 11.3. The zero-order chi connectivity index (χ0) is 17.3. The van der Waals surface area contributed by atoms with Crippen molar-refractivity contribution in [1.29, 1.82) is 0 Å². The first kappa shape index (κ1) is 17.3. The van der Waals surface area contributed by atoms with Gasteiger partial charge in [0.2, 0.25) is 0 Å². The van der Waals surface area contributed by atoms with Crippen molar-refractivity contribution in [3.05, 3.63) is 0 Å². The van der Waals surface area contributed by atoms with E-state index < -0.39 is 11.7 Å². The van der Waals surface area contributed by atoms with Crippen LogP contribution in [-0.2, 0) is 0 Å². The molecule has 4 aliphatic carbocycles. The molecule has 0 aromatic heterocycles. The Morgan fingerprint density at radius 1 is 0.917 bits per heavy atom. The number of aliphatic hydroxyl groups excluding tert-OH is 2. The van der Waals surface area contributed by atoms with E-state index in [1.807, 2.05) is 0 Å². The van der Waals surface area contributed by atoms with Crippen molar-refractivity contribution in [2.24, 2.45) is 34.5 Å². The summed E-state index contributed by atoms with van der Waals surface area (Å²) >= 11 is 0. The molecule has 4 fully saturated rings. The van der Waals surface area contributed by atoms with Crippen LogP contribution in [0.25, 0.3) is 0 Å². The molecule has 3 nitrogen and oxygen atoms in total. The van der Waals surface area contributed by atoms with Gasteiger partial charge in [-0.1, -0.05) is 13.8 Å². The highest BCUT2D eigenvalue weighted by atomic mass is 16.3. The minimum absolute atomic E-state index is 0.0831. The molecular weight excluding hydrogens is 300 g/mol. The minimum Gasteiger partial charge on any atom is -0.393 e. The summed E-state index contributed by atoms with van der Waals surface area (Å²) in [6.07, 6.45) is 8.99. The molecule has 0 amide bonds. The molecule has 4 saturated carbocycles. The average Bonchev–Trinajstić information content (AvgIpc) is 2.81. The van der Waals surface area contributed by atoms with Gasteiger partial charge in [-0.2, -0.15) is 0 Å². The average molecular weight is 337 g/mol.